The minimum atomic E-state index is -0.154. The lowest BCUT2D eigenvalue weighted by molar-refractivity contribution is 0.0929. The molecule has 1 aromatic carbocycles. The van der Waals surface area contributed by atoms with E-state index in [1.165, 1.54) is 0 Å². The van der Waals surface area contributed by atoms with Crippen LogP contribution < -0.4 is 10.1 Å². The number of amides is 1. The molecule has 0 aliphatic heterocycles. The lowest BCUT2D eigenvalue weighted by atomic mass is 10.0. The van der Waals surface area contributed by atoms with E-state index in [2.05, 4.69) is 17.2 Å². The highest BCUT2D eigenvalue weighted by atomic mass is 16.5. The Labute approximate surface area is 131 Å². The first kappa shape index (κ1) is 16.0. The molecule has 22 heavy (non-hydrogen) atoms. The van der Waals surface area contributed by atoms with Crippen molar-refractivity contribution in [3.05, 3.63) is 59.8 Å². The van der Waals surface area contributed by atoms with Crippen molar-refractivity contribution in [3.63, 3.8) is 0 Å². The van der Waals surface area contributed by atoms with E-state index in [9.17, 15) is 4.79 Å². The Balaban J connectivity index is 2.18. The minimum Gasteiger partial charge on any atom is -0.477 e. The van der Waals surface area contributed by atoms with Gasteiger partial charge in [0.25, 0.3) is 5.91 Å². The van der Waals surface area contributed by atoms with Crippen molar-refractivity contribution in [1.82, 2.24) is 10.3 Å². The fourth-order valence-corrected chi connectivity index (χ4v) is 2.35. The molecule has 0 saturated carbocycles. The van der Waals surface area contributed by atoms with Gasteiger partial charge in [-0.2, -0.15) is 0 Å². The molecule has 116 valence electrons. The van der Waals surface area contributed by atoms with E-state index in [1.54, 1.807) is 18.3 Å². The van der Waals surface area contributed by atoms with Crippen molar-refractivity contribution in [2.75, 3.05) is 6.61 Å². The predicted octanol–water partition coefficient (Wildman–Crippen LogP) is 3.75. The normalized spacial score (nSPS) is 11.7. The fourth-order valence-electron chi connectivity index (χ4n) is 2.35. The van der Waals surface area contributed by atoms with Crippen LogP contribution in [0.4, 0.5) is 0 Å². The van der Waals surface area contributed by atoms with Crippen molar-refractivity contribution >= 4 is 5.91 Å². The zero-order valence-electron chi connectivity index (χ0n) is 13.1. The number of benzene rings is 1. The van der Waals surface area contributed by atoms with Crippen LogP contribution in [-0.4, -0.2) is 17.5 Å². The average Bonchev–Trinajstić information content (AvgIpc) is 2.56. The molecule has 0 fully saturated rings. The lowest BCUT2D eigenvalue weighted by Gasteiger charge is -2.19. The van der Waals surface area contributed by atoms with Gasteiger partial charge in [-0.15, -0.1) is 0 Å². The number of hydrogen-bond donors (Lipinski definition) is 1. The van der Waals surface area contributed by atoms with Crippen molar-refractivity contribution in [2.24, 2.45) is 0 Å². The summed E-state index contributed by atoms with van der Waals surface area (Å²) in [6.07, 6.45) is 3.51. The third kappa shape index (κ3) is 4.07. The zero-order valence-corrected chi connectivity index (χ0v) is 13.1. The molecule has 0 spiro atoms. The topological polar surface area (TPSA) is 51.2 Å². The molecule has 0 unspecified atom stereocenters. The highest BCUT2D eigenvalue weighted by molar-refractivity contribution is 5.96. The first-order chi connectivity index (χ1) is 10.8. The van der Waals surface area contributed by atoms with Crippen LogP contribution in [0.15, 0.2) is 48.7 Å². The van der Waals surface area contributed by atoms with Gasteiger partial charge in [0.1, 0.15) is 5.56 Å². The Bertz CT molecular complexity index is 599. The fraction of sp³-hybridized carbons (Fsp3) is 0.333. The van der Waals surface area contributed by atoms with Gasteiger partial charge in [-0.25, -0.2) is 4.98 Å². The van der Waals surface area contributed by atoms with E-state index in [0.29, 0.717) is 18.1 Å². The highest BCUT2D eigenvalue weighted by Gasteiger charge is 2.18. The number of carbonyl (C=O) groups excluding carboxylic acids is 1. The van der Waals surface area contributed by atoms with Crippen LogP contribution in [0, 0.1) is 0 Å². The molecule has 0 bridgehead atoms. The maximum atomic E-state index is 12.6. The second-order valence-electron chi connectivity index (χ2n) is 5.01. The van der Waals surface area contributed by atoms with Gasteiger partial charge < -0.3 is 10.1 Å². The number of hydrogen-bond acceptors (Lipinski definition) is 3. The van der Waals surface area contributed by atoms with Crippen molar-refractivity contribution in [3.8, 4) is 5.88 Å². The maximum absolute atomic E-state index is 12.6. The SMILES string of the molecule is CCC[C@@H](NC(=O)c1cccnc1OCC)c1ccccc1. The molecule has 0 saturated heterocycles. The summed E-state index contributed by atoms with van der Waals surface area (Å²) in [6.45, 7) is 4.46. The molecule has 1 amide bonds. The van der Waals surface area contributed by atoms with E-state index in [4.69, 9.17) is 4.74 Å². The van der Waals surface area contributed by atoms with Gasteiger partial charge >= 0.3 is 0 Å². The van der Waals surface area contributed by atoms with Gasteiger partial charge in [-0.05, 0) is 31.0 Å². The van der Waals surface area contributed by atoms with Crippen LogP contribution in [0.3, 0.4) is 0 Å². The van der Waals surface area contributed by atoms with E-state index in [-0.39, 0.29) is 11.9 Å². The Hall–Kier alpha value is -2.36. The van der Waals surface area contributed by atoms with Gasteiger partial charge in [0.15, 0.2) is 0 Å². The molecule has 1 aromatic heterocycles. The minimum absolute atomic E-state index is 0.00613. The number of nitrogens with zero attached hydrogens (tertiary/aromatic N) is 1. The monoisotopic (exact) mass is 298 g/mol. The molecule has 4 heteroatoms. The van der Waals surface area contributed by atoms with E-state index in [1.807, 2.05) is 37.3 Å². The molecule has 1 N–H and O–H groups in total. The van der Waals surface area contributed by atoms with Gasteiger partial charge in [-0.3, -0.25) is 4.79 Å². The third-order valence-electron chi connectivity index (χ3n) is 3.38. The van der Waals surface area contributed by atoms with Crippen LogP contribution >= 0.6 is 0 Å². The quantitative estimate of drug-likeness (QED) is 0.847. The predicted molar refractivity (Wildman–Crippen MR) is 87.0 cm³/mol. The first-order valence-electron chi connectivity index (χ1n) is 7.69. The number of ether oxygens (including phenoxy) is 1. The molecule has 1 heterocycles. The summed E-state index contributed by atoms with van der Waals surface area (Å²) in [6, 6.07) is 13.5. The smallest absolute Gasteiger partial charge is 0.257 e. The molecule has 0 aliphatic carbocycles. The molecular formula is C18H22N2O2. The number of pyridine rings is 1. The van der Waals surface area contributed by atoms with Crippen LogP contribution in [0.1, 0.15) is 48.7 Å². The van der Waals surface area contributed by atoms with Crippen LogP contribution in [0.5, 0.6) is 5.88 Å². The first-order valence-corrected chi connectivity index (χ1v) is 7.69. The van der Waals surface area contributed by atoms with E-state index >= 15 is 0 Å². The van der Waals surface area contributed by atoms with E-state index in [0.717, 1.165) is 18.4 Å². The Morgan fingerprint density at radius 3 is 2.64 bits per heavy atom. The third-order valence-corrected chi connectivity index (χ3v) is 3.38. The number of rotatable bonds is 7. The largest absolute Gasteiger partial charge is 0.477 e. The summed E-state index contributed by atoms with van der Waals surface area (Å²) in [4.78, 5) is 16.7. The maximum Gasteiger partial charge on any atom is 0.257 e. The zero-order chi connectivity index (χ0) is 15.8. The van der Waals surface area contributed by atoms with Crippen molar-refractivity contribution in [1.29, 1.82) is 0 Å². The second kappa shape index (κ2) is 8.17. The van der Waals surface area contributed by atoms with Gasteiger partial charge in [-0.1, -0.05) is 43.7 Å². The lowest BCUT2D eigenvalue weighted by Crippen LogP contribution is -2.29. The number of carbonyl (C=O) groups is 1. The molecule has 4 nitrogen and oxygen atoms in total. The Morgan fingerprint density at radius 1 is 1.18 bits per heavy atom. The number of aromatic nitrogens is 1. The van der Waals surface area contributed by atoms with Crippen LogP contribution in [0.25, 0.3) is 0 Å². The average molecular weight is 298 g/mol. The number of nitrogens with one attached hydrogen (secondary N) is 1. The van der Waals surface area contributed by atoms with Crippen molar-refractivity contribution < 1.29 is 9.53 Å². The summed E-state index contributed by atoms with van der Waals surface area (Å²) in [5.74, 6) is 0.227. The summed E-state index contributed by atoms with van der Waals surface area (Å²) in [5, 5.41) is 3.09. The summed E-state index contributed by atoms with van der Waals surface area (Å²) in [7, 11) is 0. The van der Waals surface area contributed by atoms with Gasteiger partial charge in [0, 0.05) is 6.20 Å². The van der Waals surface area contributed by atoms with E-state index < -0.39 is 0 Å². The standard InChI is InChI=1S/C18H22N2O2/c1-3-9-16(14-10-6-5-7-11-14)20-17(21)15-12-8-13-19-18(15)22-4-2/h5-8,10-13,16H,3-4,9H2,1-2H3,(H,20,21)/t16-/m1/s1. The molecule has 2 rings (SSSR count). The molecule has 0 radical (unpaired) electrons. The second-order valence-corrected chi connectivity index (χ2v) is 5.01. The van der Waals surface area contributed by atoms with Crippen LogP contribution in [0.2, 0.25) is 0 Å². The molecule has 2 aromatic rings. The Morgan fingerprint density at radius 2 is 1.95 bits per heavy atom. The summed E-state index contributed by atoms with van der Waals surface area (Å²) in [5.41, 5.74) is 1.58. The van der Waals surface area contributed by atoms with Crippen LogP contribution in [-0.2, 0) is 0 Å². The van der Waals surface area contributed by atoms with Gasteiger partial charge in [0.2, 0.25) is 5.88 Å². The Kier molecular flexibility index (Phi) is 5.95. The summed E-state index contributed by atoms with van der Waals surface area (Å²) >= 11 is 0. The molecule has 0 aliphatic rings. The summed E-state index contributed by atoms with van der Waals surface area (Å²) < 4.78 is 5.43. The van der Waals surface area contributed by atoms with Crippen molar-refractivity contribution in [2.45, 2.75) is 32.7 Å². The van der Waals surface area contributed by atoms with Gasteiger partial charge in [0.05, 0.1) is 12.6 Å². The molecule has 1 atom stereocenters. The molecular weight excluding hydrogens is 276 g/mol. The highest BCUT2D eigenvalue weighted by Crippen LogP contribution is 2.21.